The van der Waals surface area contributed by atoms with Crippen LogP contribution in [0.1, 0.15) is 81.0 Å². The summed E-state index contributed by atoms with van der Waals surface area (Å²) in [5, 5.41) is 6.44. The number of pyridine rings is 2. The minimum atomic E-state index is -4.56. The van der Waals surface area contributed by atoms with Crippen LogP contribution in [0.4, 0.5) is 62.7 Å². The van der Waals surface area contributed by atoms with Crippen LogP contribution in [-0.4, -0.2) is 52.0 Å². The average molecular weight is 885 g/mol. The Morgan fingerprint density at radius 1 is 0.547 bits per heavy atom. The van der Waals surface area contributed by atoms with Gasteiger partial charge in [0.1, 0.15) is 11.6 Å². The Morgan fingerprint density at radius 2 is 0.938 bits per heavy atom. The molecule has 0 spiro atoms. The van der Waals surface area contributed by atoms with E-state index in [1.807, 2.05) is 0 Å². The number of rotatable bonds is 8. The van der Waals surface area contributed by atoms with Crippen LogP contribution in [0, 0.1) is 25.5 Å². The number of benzene rings is 4. The summed E-state index contributed by atoms with van der Waals surface area (Å²) >= 11 is 0. The molecule has 2 aromatic heterocycles. The van der Waals surface area contributed by atoms with E-state index in [1.165, 1.54) is 48.8 Å². The van der Waals surface area contributed by atoms with Crippen LogP contribution in [0.15, 0.2) is 122 Å². The van der Waals surface area contributed by atoms with E-state index in [-0.39, 0.29) is 42.3 Å². The maximum Gasteiger partial charge on any atom is 0.416 e. The molecule has 2 amide bonds. The van der Waals surface area contributed by atoms with Gasteiger partial charge < -0.3 is 20.4 Å². The fourth-order valence-corrected chi connectivity index (χ4v) is 9.09. The number of carbonyl (C=O) groups is 1. The summed E-state index contributed by atoms with van der Waals surface area (Å²) in [6, 6.07) is 22.4. The number of aryl methyl sites for hydroxylation is 2. The maximum atomic E-state index is 14.9. The van der Waals surface area contributed by atoms with Crippen molar-refractivity contribution in [3.05, 3.63) is 178 Å². The number of alkyl halides is 6. The number of carbonyl (C=O) groups excluding carboxylic acids is 1. The zero-order valence-corrected chi connectivity index (χ0v) is 34.8. The third-order valence-corrected chi connectivity index (χ3v) is 12.5. The number of nitrogens with one attached hydrogen (secondary N) is 2. The molecule has 2 fully saturated rings. The highest BCUT2D eigenvalue weighted by Crippen LogP contribution is 2.46. The number of piperidine rings is 2. The van der Waals surface area contributed by atoms with E-state index in [0.717, 1.165) is 35.4 Å². The monoisotopic (exact) mass is 884 g/mol. The third kappa shape index (κ3) is 9.53. The zero-order chi connectivity index (χ0) is 45.3. The lowest BCUT2D eigenvalue weighted by atomic mass is 9.76. The van der Waals surface area contributed by atoms with Crippen molar-refractivity contribution in [2.45, 2.75) is 62.7 Å². The second-order valence-corrected chi connectivity index (χ2v) is 16.5. The summed E-state index contributed by atoms with van der Waals surface area (Å²) < 4.78 is 111. The van der Waals surface area contributed by atoms with Crippen LogP contribution in [0.3, 0.4) is 0 Å². The van der Waals surface area contributed by atoms with Gasteiger partial charge in [-0.2, -0.15) is 26.3 Å². The van der Waals surface area contributed by atoms with Crippen molar-refractivity contribution in [2.75, 3.05) is 36.8 Å². The predicted octanol–water partition coefficient (Wildman–Crippen LogP) is 12.9. The topological polar surface area (TPSA) is 73.4 Å². The molecule has 2 saturated heterocycles. The van der Waals surface area contributed by atoms with Gasteiger partial charge in [0.15, 0.2) is 0 Å². The zero-order valence-electron chi connectivity index (χ0n) is 34.8. The molecule has 332 valence electrons. The molecule has 2 N–H and O–H groups in total. The lowest BCUT2D eigenvalue weighted by Crippen LogP contribution is -2.52. The SMILES string of the molecule is Cc1ccc(C(F)(F)F)cc1Nc1ccncc1C1CN(C(=O)N2CCC(c3ccc(F)cc3)C(c3cnccc3Nc3cc(C(F)(F)F)ccc3C)C2)CCC1c1ccc(F)cc1. The van der Waals surface area contributed by atoms with Crippen molar-refractivity contribution in [3.8, 4) is 0 Å². The molecule has 4 atom stereocenters. The first-order chi connectivity index (χ1) is 30.5. The summed E-state index contributed by atoms with van der Waals surface area (Å²) in [4.78, 5) is 27.2. The number of nitrogens with zero attached hydrogens (tertiary/aromatic N) is 4. The van der Waals surface area contributed by atoms with Crippen LogP contribution in [0.2, 0.25) is 0 Å². The van der Waals surface area contributed by atoms with Crippen molar-refractivity contribution < 1.29 is 39.9 Å². The maximum absolute atomic E-state index is 14.9. The molecule has 2 aliphatic heterocycles. The van der Waals surface area contributed by atoms with Gasteiger partial charge in [-0.1, -0.05) is 36.4 Å². The Balaban J connectivity index is 1.12. The van der Waals surface area contributed by atoms with Gasteiger partial charge in [0, 0.05) is 85.6 Å². The van der Waals surface area contributed by atoms with Gasteiger partial charge in [0.25, 0.3) is 0 Å². The summed E-state index contributed by atoms with van der Waals surface area (Å²) in [5.74, 6) is -2.13. The largest absolute Gasteiger partial charge is 0.416 e. The fourth-order valence-electron chi connectivity index (χ4n) is 9.09. The van der Waals surface area contributed by atoms with E-state index in [1.54, 1.807) is 72.4 Å². The van der Waals surface area contributed by atoms with Crippen molar-refractivity contribution in [1.82, 2.24) is 19.8 Å². The first-order valence-corrected chi connectivity index (χ1v) is 20.9. The number of aromatic nitrogens is 2. The van der Waals surface area contributed by atoms with Crippen LogP contribution in [0.25, 0.3) is 0 Å². The molecule has 15 heteroatoms. The molecule has 64 heavy (non-hydrogen) atoms. The van der Waals surface area contributed by atoms with Gasteiger partial charge >= 0.3 is 18.4 Å². The molecule has 0 saturated carbocycles. The third-order valence-electron chi connectivity index (χ3n) is 12.5. The van der Waals surface area contributed by atoms with Crippen molar-refractivity contribution in [2.24, 2.45) is 0 Å². The first kappa shape index (κ1) is 44.1. The molecule has 4 unspecified atom stereocenters. The summed E-state index contributed by atoms with van der Waals surface area (Å²) in [7, 11) is 0. The number of likely N-dealkylation sites (tertiary alicyclic amines) is 2. The first-order valence-electron chi connectivity index (χ1n) is 20.9. The highest BCUT2D eigenvalue weighted by Gasteiger charge is 2.41. The Morgan fingerprint density at radius 3 is 1.31 bits per heavy atom. The second-order valence-electron chi connectivity index (χ2n) is 16.5. The van der Waals surface area contributed by atoms with Gasteiger partial charge in [-0.3, -0.25) is 9.97 Å². The quantitative estimate of drug-likeness (QED) is 0.149. The number of hydrogen-bond donors (Lipinski definition) is 2. The molecule has 4 heterocycles. The highest BCUT2D eigenvalue weighted by molar-refractivity contribution is 5.76. The fraction of sp³-hybridized carbons (Fsp3) is 0.286. The number of urea groups is 1. The van der Waals surface area contributed by atoms with Gasteiger partial charge in [0.2, 0.25) is 0 Å². The molecule has 7 nitrogen and oxygen atoms in total. The van der Waals surface area contributed by atoms with E-state index < -0.39 is 46.9 Å². The van der Waals surface area contributed by atoms with E-state index >= 15 is 0 Å². The van der Waals surface area contributed by atoms with E-state index in [0.29, 0.717) is 59.6 Å². The summed E-state index contributed by atoms with van der Waals surface area (Å²) in [6.07, 6.45) is -1.81. The van der Waals surface area contributed by atoms with Gasteiger partial charge in [-0.05, 0) is 133 Å². The van der Waals surface area contributed by atoms with Crippen LogP contribution < -0.4 is 10.6 Å². The number of halogens is 8. The average Bonchev–Trinajstić information content (AvgIpc) is 3.27. The normalized spacial score (nSPS) is 19.3. The molecule has 0 aliphatic carbocycles. The molecule has 6 aromatic rings. The molecule has 2 aliphatic rings. The molecule has 4 aromatic carbocycles. The van der Waals surface area contributed by atoms with E-state index in [4.69, 9.17) is 0 Å². The van der Waals surface area contributed by atoms with Crippen LogP contribution in [-0.2, 0) is 12.4 Å². The standard InChI is InChI=1S/C49H44F8N6O/c1-29-3-9-33(48(52,53)54)23-45(29)60-43-15-19-58-25-39(43)41-27-62(21-17-37(41)31-5-11-35(50)12-6-31)47(64)63-22-18-38(32-7-13-36(51)14-8-32)42(28-63)40-26-59-20-16-44(40)61-46-24-34(49(55,56)57)10-4-30(46)2/h3-16,19-20,23-26,37-38,41-42H,17-18,21-22,27-28H2,1-2H3,(H,58,60)(H,59,61). The lowest BCUT2D eigenvalue weighted by Gasteiger charge is -2.45. The Bertz CT molecular complexity index is 2440. The van der Waals surface area contributed by atoms with Crippen molar-refractivity contribution in [1.29, 1.82) is 0 Å². The molecular formula is C49H44F8N6O. The molecule has 8 rings (SSSR count). The van der Waals surface area contributed by atoms with Gasteiger partial charge in [-0.15, -0.1) is 0 Å². The predicted molar refractivity (Wildman–Crippen MR) is 229 cm³/mol. The Hall–Kier alpha value is -6.51. The highest BCUT2D eigenvalue weighted by atomic mass is 19.4. The van der Waals surface area contributed by atoms with E-state index in [9.17, 15) is 39.9 Å². The van der Waals surface area contributed by atoms with Crippen molar-refractivity contribution >= 4 is 28.8 Å². The van der Waals surface area contributed by atoms with E-state index in [2.05, 4.69) is 20.6 Å². The number of amides is 2. The van der Waals surface area contributed by atoms with Crippen LogP contribution >= 0.6 is 0 Å². The van der Waals surface area contributed by atoms with Crippen LogP contribution in [0.5, 0.6) is 0 Å². The summed E-state index contributed by atoms with van der Waals surface area (Å²) in [5.41, 5.74) is 4.07. The lowest BCUT2D eigenvalue weighted by molar-refractivity contribution is -0.138. The Kier molecular flexibility index (Phi) is 12.4. The molecule has 0 bridgehead atoms. The Labute approximate surface area is 365 Å². The molecule has 0 radical (unpaired) electrons. The van der Waals surface area contributed by atoms with Gasteiger partial charge in [-0.25, -0.2) is 13.6 Å². The smallest absolute Gasteiger partial charge is 0.355 e. The number of anilines is 4. The minimum Gasteiger partial charge on any atom is -0.355 e. The minimum absolute atomic E-state index is 0.194. The molecular weight excluding hydrogens is 841 g/mol. The van der Waals surface area contributed by atoms with Crippen molar-refractivity contribution in [3.63, 3.8) is 0 Å². The number of hydrogen-bond acceptors (Lipinski definition) is 5. The summed E-state index contributed by atoms with van der Waals surface area (Å²) in [6.45, 7) is 4.47. The second kappa shape index (κ2) is 17.9. The van der Waals surface area contributed by atoms with Gasteiger partial charge in [0.05, 0.1) is 11.1 Å².